The van der Waals surface area contributed by atoms with E-state index in [1.165, 1.54) is 12.0 Å². The molecule has 1 amide bonds. The molecule has 0 saturated heterocycles. The van der Waals surface area contributed by atoms with Crippen LogP contribution in [0.15, 0.2) is 24.3 Å². The summed E-state index contributed by atoms with van der Waals surface area (Å²) in [5.41, 5.74) is 0. The van der Waals surface area contributed by atoms with Gasteiger partial charge < -0.3 is 24.2 Å². The highest BCUT2D eigenvalue weighted by atomic mass is 16.5. The molecule has 0 radical (unpaired) electrons. The SMILES string of the molecule is COC(=O)CCN(CC(C)O)C(=O)CCCOc1ccc(OC)cc1. The number of methoxy groups -OCH3 is 2. The third kappa shape index (κ3) is 8.39. The van der Waals surface area contributed by atoms with Crippen LogP contribution in [0.1, 0.15) is 26.2 Å². The summed E-state index contributed by atoms with van der Waals surface area (Å²) in [5.74, 6) is 0.955. The predicted octanol–water partition coefficient (Wildman–Crippen LogP) is 1.63. The molecule has 0 aromatic heterocycles. The Morgan fingerprint density at radius 3 is 2.32 bits per heavy atom. The molecule has 0 aliphatic rings. The monoisotopic (exact) mass is 353 g/mol. The molecule has 1 aromatic carbocycles. The average Bonchev–Trinajstić information content (AvgIpc) is 2.61. The Labute approximate surface area is 148 Å². The minimum atomic E-state index is -0.655. The van der Waals surface area contributed by atoms with Gasteiger partial charge in [-0.1, -0.05) is 0 Å². The molecule has 1 atom stereocenters. The Hall–Kier alpha value is -2.28. The lowest BCUT2D eigenvalue weighted by molar-refractivity contribution is -0.142. The number of rotatable bonds is 11. The van der Waals surface area contributed by atoms with E-state index in [4.69, 9.17) is 9.47 Å². The molecule has 7 nitrogen and oxygen atoms in total. The van der Waals surface area contributed by atoms with Crippen LogP contribution < -0.4 is 9.47 Å². The Morgan fingerprint density at radius 2 is 1.76 bits per heavy atom. The molecule has 25 heavy (non-hydrogen) atoms. The molecule has 0 aliphatic heterocycles. The van der Waals surface area contributed by atoms with Crippen molar-refractivity contribution < 1.29 is 28.9 Å². The van der Waals surface area contributed by atoms with Gasteiger partial charge in [-0.05, 0) is 37.6 Å². The average molecular weight is 353 g/mol. The topological polar surface area (TPSA) is 85.3 Å². The van der Waals surface area contributed by atoms with Gasteiger partial charge >= 0.3 is 5.97 Å². The number of amides is 1. The van der Waals surface area contributed by atoms with Crippen molar-refractivity contribution in [1.29, 1.82) is 0 Å². The second kappa shape index (κ2) is 11.3. The maximum Gasteiger partial charge on any atom is 0.307 e. The molecule has 140 valence electrons. The molecule has 7 heteroatoms. The van der Waals surface area contributed by atoms with Crippen LogP contribution in [0, 0.1) is 0 Å². The molecule has 1 aromatic rings. The maximum absolute atomic E-state index is 12.3. The van der Waals surface area contributed by atoms with Gasteiger partial charge in [0.05, 0.1) is 33.4 Å². The van der Waals surface area contributed by atoms with E-state index in [1.54, 1.807) is 38.3 Å². The van der Waals surface area contributed by atoms with Gasteiger partial charge in [0, 0.05) is 19.5 Å². The number of carbonyl (C=O) groups is 2. The van der Waals surface area contributed by atoms with E-state index in [9.17, 15) is 14.7 Å². The maximum atomic E-state index is 12.3. The Balaban J connectivity index is 2.37. The number of hydrogen-bond donors (Lipinski definition) is 1. The standard InChI is InChI=1S/C18H27NO6/c1-14(20)13-19(11-10-18(22)24-3)17(21)5-4-12-25-16-8-6-15(23-2)7-9-16/h6-9,14,20H,4-5,10-13H2,1-3H3. The number of esters is 1. The molecule has 0 aliphatic carbocycles. The van der Waals surface area contributed by atoms with Crippen molar-refractivity contribution in [2.75, 3.05) is 33.9 Å². The minimum Gasteiger partial charge on any atom is -0.497 e. The molecule has 0 saturated carbocycles. The number of benzene rings is 1. The molecule has 1 rings (SSSR count). The number of aliphatic hydroxyl groups is 1. The van der Waals surface area contributed by atoms with Gasteiger partial charge in [0.25, 0.3) is 0 Å². The largest absolute Gasteiger partial charge is 0.497 e. The zero-order valence-corrected chi connectivity index (χ0v) is 15.1. The third-order valence-electron chi connectivity index (χ3n) is 3.51. The number of ether oxygens (including phenoxy) is 3. The van der Waals surface area contributed by atoms with Crippen molar-refractivity contribution >= 4 is 11.9 Å². The van der Waals surface area contributed by atoms with Crippen LogP contribution in [0.4, 0.5) is 0 Å². The van der Waals surface area contributed by atoms with Gasteiger partial charge in [-0.2, -0.15) is 0 Å². The molecule has 0 fully saturated rings. The van der Waals surface area contributed by atoms with E-state index in [-0.39, 0.29) is 37.8 Å². The summed E-state index contributed by atoms with van der Waals surface area (Å²) in [6, 6.07) is 7.21. The first kappa shape index (κ1) is 20.8. The van der Waals surface area contributed by atoms with Gasteiger partial charge in [0.15, 0.2) is 0 Å². The zero-order chi connectivity index (χ0) is 18.7. The van der Waals surface area contributed by atoms with Crippen molar-refractivity contribution in [3.63, 3.8) is 0 Å². The van der Waals surface area contributed by atoms with Crippen LogP contribution in [0.5, 0.6) is 11.5 Å². The highest BCUT2D eigenvalue weighted by Crippen LogP contribution is 2.17. The molecule has 1 unspecified atom stereocenters. The summed E-state index contributed by atoms with van der Waals surface area (Å²) in [4.78, 5) is 25.0. The highest BCUT2D eigenvalue weighted by Gasteiger charge is 2.16. The molecule has 0 heterocycles. The Bertz CT molecular complexity index is 529. The molecule has 0 spiro atoms. The van der Waals surface area contributed by atoms with Gasteiger partial charge in [0.1, 0.15) is 11.5 Å². The highest BCUT2D eigenvalue weighted by molar-refractivity contribution is 5.77. The van der Waals surface area contributed by atoms with E-state index in [0.717, 1.165) is 5.75 Å². The number of aliphatic hydroxyl groups excluding tert-OH is 1. The normalized spacial score (nSPS) is 11.5. The van der Waals surface area contributed by atoms with Gasteiger partial charge in [-0.25, -0.2) is 0 Å². The van der Waals surface area contributed by atoms with Crippen LogP contribution in [-0.4, -0.2) is 61.9 Å². The molecular weight excluding hydrogens is 326 g/mol. The number of hydrogen-bond acceptors (Lipinski definition) is 6. The van der Waals surface area contributed by atoms with Crippen LogP contribution >= 0.6 is 0 Å². The van der Waals surface area contributed by atoms with Crippen LogP contribution in [-0.2, 0) is 14.3 Å². The second-order valence-corrected chi connectivity index (χ2v) is 5.64. The minimum absolute atomic E-state index is 0.108. The van der Waals surface area contributed by atoms with Crippen LogP contribution in [0.2, 0.25) is 0 Å². The van der Waals surface area contributed by atoms with Gasteiger partial charge in [0.2, 0.25) is 5.91 Å². The number of carbonyl (C=O) groups excluding carboxylic acids is 2. The Morgan fingerprint density at radius 1 is 1.12 bits per heavy atom. The lowest BCUT2D eigenvalue weighted by Crippen LogP contribution is -2.38. The van der Waals surface area contributed by atoms with Gasteiger partial charge in [-0.15, -0.1) is 0 Å². The van der Waals surface area contributed by atoms with Crippen LogP contribution in [0.25, 0.3) is 0 Å². The van der Waals surface area contributed by atoms with Gasteiger partial charge in [-0.3, -0.25) is 9.59 Å². The first-order valence-corrected chi connectivity index (χ1v) is 8.25. The quantitative estimate of drug-likeness (QED) is 0.481. The summed E-state index contributed by atoms with van der Waals surface area (Å²) in [6.45, 7) is 2.42. The lowest BCUT2D eigenvalue weighted by Gasteiger charge is -2.23. The van der Waals surface area contributed by atoms with E-state index in [0.29, 0.717) is 18.8 Å². The van der Waals surface area contributed by atoms with E-state index in [2.05, 4.69) is 4.74 Å². The third-order valence-corrected chi connectivity index (χ3v) is 3.51. The lowest BCUT2D eigenvalue weighted by atomic mass is 10.2. The summed E-state index contributed by atoms with van der Waals surface area (Å²) in [6.07, 6.45) is 0.276. The second-order valence-electron chi connectivity index (χ2n) is 5.64. The van der Waals surface area contributed by atoms with E-state index < -0.39 is 6.10 Å². The van der Waals surface area contributed by atoms with Crippen LogP contribution in [0.3, 0.4) is 0 Å². The number of nitrogens with zero attached hydrogens (tertiary/aromatic N) is 1. The molecular formula is C18H27NO6. The fraction of sp³-hybridized carbons (Fsp3) is 0.556. The Kier molecular flexibility index (Phi) is 9.39. The van der Waals surface area contributed by atoms with Crippen molar-refractivity contribution in [2.24, 2.45) is 0 Å². The molecule has 1 N–H and O–H groups in total. The first-order valence-electron chi connectivity index (χ1n) is 8.25. The smallest absolute Gasteiger partial charge is 0.307 e. The zero-order valence-electron chi connectivity index (χ0n) is 15.1. The fourth-order valence-electron chi connectivity index (χ4n) is 2.21. The van der Waals surface area contributed by atoms with Crippen molar-refractivity contribution in [3.8, 4) is 11.5 Å². The summed E-state index contributed by atoms with van der Waals surface area (Å²) >= 11 is 0. The van der Waals surface area contributed by atoms with Crippen molar-refractivity contribution in [2.45, 2.75) is 32.3 Å². The first-order chi connectivity index (χ1) is 12.0. The molecule has 0 bridgehead atoms. The fourth-order valence-corrected chi connectivity index (χ4v) is 2.21. The predicted molar refractivity (Wildman–Crippen MR) is 92.6 cm³/mol. The summed E-state index contributed by atoms with van der Waals surface area (Å²) < 4.78 is 15.2. The summed E-state index contributed by atoms with van der Waals surface area (Å²) in [7, 11) is 2.90. The van der Waals surface area contributed by atoms with E-state index in [1.807, 2.05) is 0 Å². The van der Waals surface area contributed by atoms with E-state index >= 15 is 0 Å². The summed E-state index contributed by atoms with van der Waals surface area (Å²) in [5, 5.41) is 9.51. The van der Waals surface area contributed by atoms with Crippen molar-refractivity contribution in [3.05, 3.63) is 24.3 Å². The van der Waals surface area contributed by atoms with Crippen molar-refractivity contribution in [1.82, 2.24) is 4.90 Å².